The number of alkyl halides is 6. The lowest BCUT2D eigenvalue weighted by molar-refractivity contribution is -0.160. The number of nitrogens with one attached hydrogen (secondary N) is 1. The first-order chi connectivity index (χ1) is 25.9. The summed E-state index contributed by atoms with van der Waals surface area (Å²) in [6.45, 7) is 13.6. The molecule has 2 aliphatic heterocycles. The van der Waals surface area contributed by atoms with Crippen molar-refractivity contribution in [3.8, 4) is 22.7 Å². The number of fused-ring (bicyclic) bond motifs is 1. The number of amides is 2. The average Bonchev–Trinajstić information content (AvgIpc) is 3.51. The summed E-state index contributed by atoms with van der Waals surface area (Å²) >= 11 is 0. The lowest BCUT2D eigenvalue weighted by atomic mass is 9.90. The number of hydrogen-bond donors (Lipinski definition) is 2. The second-order valence-electron chi connectivity index (χ2n) is 15.1. The van der Waals surface area contributed by atoms with Gasteiger partial charge in [-0.15, -0.1) is 5.54 Å². The second-order valence-corrected chi connectivity index (χ2v) is 20.7. The topological polar surface area (TPSA) is 98.7 Å². The molecule has 300 valence electrons. The standard InChI is InChI=1S/C39H41F8N5O3Si/c1-21(2)56(22(3)4,23(5)6)16-13-24-9-10-25(33(41)32(24)40)19-51-36(55)31(34(53)37(7)14-8-15-52(37)51)35(54)50-28-12-11-26(38(42,43)44)17-27(28)29-18-30(39(45,46)47)49-20-48-29/h9-12,17-18,20-23,53H,8,14-15,19H2,1-7H3,(H,50,54)/t37-/m1/s1. The Morgan fingerprint density at radius 1 is 0.946 bits per heavy atom. The van der Waals surface area contributed by atoms with Crippen LogP contribution in [0.3, 0.4) is 0 Å². The molecule has 0 radical (unpaired) electrons. The Morgan fingerprint density at radius 3 is 2.18 bits per heavy atom. The molecule has 0 saturated carbocycles. The van der Waals surface area contributed by atoms with Crippen LogP contribution in [0.1, 0.15) is 83.7 Å². The van der Waals surface area contributed by atoms with E-state index in [-0.39, 0.29) is 40.7 Å². The van der Waals surface area contributed by atoms with E-state index in [4.69, 9.17) is 0 Å². The highest BCUT2D eigenvalue weighted by molar-refractivity contribution is 6.90. The zero-order valence-electron chi connectivity index (χ0n) is 31.7. The van der Waals surface area contributed by atoms with Crippen molar-refractivity contribution >= 4 is 25.6 Å². The van der Waals surface area contributed by atoms with Gasteiger partial charge in [-0.25, -0.2) is 23.8 Å². The predicted octanol–water partition coefficient (Wildman–Crippen LogP) is 9.59. The average molecular weight is 808 g/mol. The maximum atomic E-state index is 15.8. The van der Waals surface area contributed by atoms with E-state index in [0.717, 1.165) is 11.1 Å². The number of aliphatic hydroxyl groups excluding tert-OH is 1. The lowest BCUT2D eigenvalue weighted by Crippen LogP contribution is -2.60. The molecule has 2 aliphatic rings. The van der Waals surface area contributed by atoms with E-state index in [0.29, 0.717) is 30.9 Å². The SMILES string of the molecule is CC(C)[Si](C#Cc1ccc(CN2C(=O)C(C(=O)Nc3ccc(C(F)(F)F)cc3-c3cc(C(F)(F)F)ncn3)=C(O)[C@@]3(C)CCCN23)c(F)c1F)(C(C)C)C(C)C. The molecule has 3 heterocycles. The van der Waals surface area contributed by atoms with Crippen LogP contribution in [0.25, 0.3) is 11.3 Å². The number of hydrazine groups is 1. The highest BCUT2D eigenvalue weighted by Crippen LogP contribution is 2.44. The van der Waals surface area contributed by atoms with E-state index >= 15 is 8.78 Å². The van der Waals surface area contributed by atoms with Crippen LogP contribution in [0.4, 0.5) is 40.8 Å². The summed E-state index contributed by atoms with van der Waals surface area (Å²) in [6.07, 6.45) is -8.81. The van der Waals surface area contributed by atoms with Gasteiger partial charge in [-0.1, -0.05) is 53.5 Å². The van der Waals surface area contributed by atoms with Crippen molar-refractivity contribution in [2.75, 3.05) is 11.9 Å². The number of carbonyl (C=O) groups is 2. The molecule has 0 unspecified atom stereocenters. The number of rotatable bonds is 8. The van der Waals surface area contributed by atoms with Gasteiger partial charge < -0.3 is 10.4 Å². The summed E-state index contributed by atoms with van der Waals surface area (Å²) in [5, 5.41) is 16.1. The first-order valence-electron chi connectivity index (χ1n) is 17.9. The fraction of sp³-hybridized carbons (Fsp3) is 0.436. The van der Waals surface area contributed by atoms with Gasteiger partial charge in [-0.3, -0.25) is 14.6 Å². The van der Waals surface area contributed by atoms with Crippen LogP contribution < -0.4 is 5.32 Å². The van der Waals surface area contributed by atoms with Crippen LogP contribution in [-0.2, 0) is 28.5 Å². The molecule has 0 spiro atoms. The molecular weight excluding hydrogens is 767 g/mol. The molecule has 1 saturated heterocycles. The Balaban J connectivity index is 1.52. The second kappa shape index (κ2) is 15.3. The number of anilines is 1. The minimum atomic E-state index is -4.99. The molecule has 3 aromatic rings. The Labute approximate surface area is 320 Å². The van der Waals surface area contributed by atoms with E-state index in [1.165, 1.54) is 24.1 Å². The van der Waals surface area contributed by atoms with Crippen molar-refractivity contribution in [3.05, 3.63) is 88.1 Å². The Bertz CT molecular complexity index is 2120. The van der Waals surface area contributed by atoms with Crippen molar-refractivity contribution in [3.63, 3.8) is 0 Å². The van der Waals surface area contributed by atoms with Crippen LogP contribution in [-0.4, -0.2) is 57.1 Å². The van der Waals surface area contributed by atoms with E-state index in [2.05, 4.69) is 68.3 Å². The zero-order valence-corrected chi connectivity index (χ0v) is 32.7. The summed E-state index contributed by atoms with van der Waals surface area (Å²) < 4.78 is 113. The Kier molecular flexibility index (Phi) is 11.5. The third kappa shape index (κ3) is 7.65. The first kappa shape index (κ1) is 42.3. The summed E-state index contributed by atoms with van der Waals surface area (Å²) in [4.78, 5) is 34.8. The number of aromatic nitrogens is 2. The van der Waals surface area contributed by atoms with Gasteiger partial charge in [0.15, 0.2) is 11.6 Å². The van der Waals surface area contributed by atoms with Crippen LogP contribution in [0, 0.1) is 23.1 Å². The predicted molar refractivity (Wildman–Crippen MR) is 195 cm³/mol. The van der Waals surface area contributed by atoms with E-state index < -0.39 is 95.5 Å². The summed E-state index contributed by atoms with van der Waals surface area (Å²) in [5.41, 5.74) is -3.04. The molecule has 56 heavy (non-hydrogen) atoms. The fourth-order valence-corrected chi connectivity index (χ4v) is 13.2. The van der Waals surface area contributed by atoms with Gasteiger partial charge in [0.05, 0.1) is 34.6 Å². The molecule has 2 amide bonds. The highest BCUT2D eigenvalue weighted by atomic mass is 28.3. The third-order valence-electron chi connectivity index (χ3n) is 10.9. The zero-order chi connectivity index (χ0) is 41.7. The number of hydrogen-bond acceptors (Lipinski definition) is 6. The number of halogens is 8. The van der Waals surface area contributed by atoms with E-state index in [1.807, 2.05) is 0 Å². The maximum Gasteiger partial charge on any atom is 0.433 e. The molecule has 8 nitrogen and oxygen atoms in total. The summed E-state index contributed by atoms with van der Waals surface area (Å²) in [5.74, 6) is -2.73. The normalized spacial score (nSPS) is 18.2. The number of benzene rings is 2. The van der Waals surface area contributed by atoms with Crippen LogP contribution in [0.5, 0.6) is 0 Å². The molecular formula is C39H41F8N5O3Si. The van der Waals surface area contributed by atoms with Gasteiger partial charge in [-0.2, -0.15) is 26.3 Å². The largest absolute Gasteiger partial charge is 0.509 e. The Morgan fingerprint density at radius 2 is 1.59 bits per heavy atom. The van der Waals surface area contributed by atoms with Crippen LogP contribution >= 0.6 is 0 Å². The third-order valence-corrected chi connectivity index (χ3v) is 17.2. The molecule has 1 fully saturated rings. The van der Waals surface area contributed by atoms with Gasteiger partial charge in [0.2, 0.25) is 0 Å². The quantitative estimate of drug-likeness (QED) is 0.102. The highest BCUT2D eigenvalue weighted by Gasteiger charge is 2.53. The van der Waals surface area contributed by atoms with Gasteiger partial charge in [0.1, 0.15) is 31.4 Å². The molecule has 0 bridgehead atoms. The van der Waals surface area contributed by atoms with Crippen molar-refractivity contribution in [1.82, 2.24) is 20.0 Å². The van der Waals surface area contributed by atoms with E-state index in [1.54, 1.807) is 0 Å². The Hall–Kier alpha value is -4.82. The van der Waals surface area contributed by atoms with E-state index in [9.17, 15) is 41.0 Å². The van der Waals surface area contributed by atoms with Gasteiger partial charge in [0.25, 0.3) is 11.8 Å². The van der Waals surface area contributed by atoms with Gasteiger partial charge >= 0.3 is 12.4 Å². The summed E-state index contributed by atoms with van der Waals surface area (Å²) in [6, 6.07) is 4.82. The molecule has 17 heteroatoms. The minimum Gasteiger partial charge on any atom is -0.509 e. The maximum absolute atomic E-state index is 15.8. The first-order valence-corrected chi connectivity index (χ1v) is 20.1. The van der Waals surface area contributed by atoms with Crippen molar-refractivity contribution < 1.29 is 49.8 Å². The van der Waals surface area contributed by atoms with Crippen molar-refractivity contribution in [1.29, 1.82) is 0 Å². The molecule has 2 N–H and O–H groups in total. The van der Waals surface area contributed by atoms with Crippen molar-refractivity contribution in [2.24, 2.45) is 0 Å². The van der Waals surface area contributed by atoms with Crippen LogP contribution in [0.15, 0.2) is 54.1 Å². The van der Waals surface area contributed by atoms with Crippen molar-refractivity contribution in [2.45, 2.75) is 102 Å². The number of carbonyl (C=O) groups excluding carboxylic acids is 2. The smallest absolute Gasteiger partial charge is 0.433 e. The molecule has 2 aromatic carbocycles. The number of aliphatic hydroxyl groups is 1. The molecule has 5 rings (SSSR count). The fourth-order valence-electron chi connectivity index (χ4n) is 8.01. The minimum absolute atomic E-state index is 0.156. The molecule has 0 aliphatic carbocycles. The molecule has 1 atom stereocenters. The van der Waals surface area contributed by atoms with Crippen LogP contribution in [0.2, 0.25) is 16.6 Å². The lowest BCUT2D eigenvalue weighted by Gasteiger charge is -2.46. The number of nitrogens with zero attached hydrogens (tertiary/aromatic N) is 4. The molecule has 1 aromatic heterocycles. The van der Waals surface area contributed by atoms with Gasteiger partial charge in [0, 0.05) is 17.7 Å². The summed E-state index contributed by atoms with van der Waals surface area (Å²) in [7, 11) is -2.31. The monoisotopic (exact) mass is 807 g/mol. The van der Waals surface area contributed by atoms with Gasteiger partial charge in [-0.05, 0) is 66.7 Å².